The zero-order valence-corrected chi connectivity index (χ0v) is 22.8. The second-order valence-corrected chi connectivity index (χ2v) is 11.1. The average molecular weight is 558 g/mol. The fourth-order valence-electron chi connectivity index (χ4n) is 5.88. The van der Waals surface area contributed by atoms with Crippen LogP contribution in [0, 0.1) is 0 Å². The van der Waals surface area contributed by atoms with E-state index >= 15 is 0 Å². The van der Waals surface area contributed by atoms with Crippen LogP contribution in [0.15, 0.2) is 54.2 Å². The van der Waals surface area contributed by atoms with Crippen molar-refractivity contribution < 1.29 is 14.7 Å². The lowest BCUT2D eigenvalue weighted by atomic mass is 9.99. The highest BCUT2D eigenvalue weighted by molar-refractivity contribution is 7.09. The molecule has 1 unspecified atom stereocenters. The number of piperazine rings is 1. The van der Waals surface area contributed by atoms with Gasteiger partial charge in [0.05, 0.1) is 23.9 Å². The molecule has 40 heavy (non-hydrogen) atoms. The number of benzene rings is 2. The first kappa shape index (κ1) is 26.2. The first-order valence-electron chi connectivity index (χ1n) is 13.5. The summed E-state index contributed by atoms with van der Waals surface area (Å²) in [5.41, 5.74) is 5.25. The SMILES string of the molecule is O=C(Nc1cc(-c2cccc3[nH]ccc23)cc2[nH]ncc12)c1csc(CN2CCN3CCCCC3C2)n1.O=CO. The fraction of sp³-hybridized carbons (Fsp3) is 0.310. The van der Waals surface area contributed by atoms with Crippen LogP contribution in [-0.4, -0.2) is 79.7 Å². The summed E-state index contributed by atoms with van der Waals surface area (Å²) in [4.78, 5) is 34.7. The Morgan fingerprint density at radius 1 is 1.15 bits per heavy atom. The van der Waals surface area contributed by atoms with Crippen molar-refractivity contribution in [2.24, 2.45) is 0 Å². The number of rotatable bonds is 5. The van der Waals surface area contributed by atoms with Crippen molar-refractivity contribution in [1.82, 2.24) is 30.0 Å². The van der Waals surface area contributed by atoms with Crippen molar-refractivity contribution in [1.29, 1.82) is 0 Å². The van der Waals surface area contributed by atoms with Gasteiger partial charge < -0.3 is 15.4 Å². The summed E-state index contributed by atoms with van der Waals surface area (Å²) in [6.45, 7) is 5.10. The number of fused-ring (bicyclic) bond motifs is 3. The van der Waals surface area contributed by atoms with E-state index in [0.29, 0.717) is 11.7 Å². The molecular weight excluding hydrogens is 526 g/mol. The molecule has 5 heterocycles. The average Bonchev–Trinajstić information content (AvgIpc) is 3.74. The number of hydrogen-bond acceptors (Lipinski definition) is 7. The molecule has 11 heteroatoms. The van der Waals surface area contributed by atoms with Crippen LogP contribution in [0.5, 0.6) is 0 Å². The molecule has 4 N–H and O–H groups in total. The second-order valence-electron chi connectivity index (χ2n) is 10.2. The third-order valence-corrected chi connectivity index (χ3v) is 8.61. The van der Waals surface area contributed by atoms with Crippen LogP contribution in [0.25, 0.3) is 32.9 Å². The van der Waals surface area contributed by atoms with Crippen molar-refractivity contribution in [3.8, 4) is 11.1 Å². The maximum Gasteiger partial charge on any atom is 0.290 e. The number of aromatic nitrogens is 4. The van der Waals surface area contributed by atoms with Crippen LogP contribution in [0.1, 0.15) is 34.8 Å². The van der Waals surface area contributed by atoms with Gasteiger partial charge in [-0.1, -0.05) is 18.6 Å². The first-order chi connectivity index (χ1) is 19.6. The minimum Gasteiger partial charge on any atom is -0.483 e. The van der Waals surface area contributed by atoms with Crippen molar-refractivity contribution >= 4 is 51.2 Å². The molecule has 0 saturated carbocycles. The van der Waals surface area contributed by atoms with Gasteiger partial charge in [0.1, 0.15) is 10.7 Å². The van der Waals surface area contributed by atoms with E-state index in [1.54, 1.807) is 17.5 Å². The standard InChI is InChI=1S/C28H29N7OS.CH2O2/c36-28(26-17-37-27(31-26)16-34-10-11-35-9-2-1-4-19(35)15-34)32-24-12-18(13-25-22(24)14-30-33-25)20-5-3-6-23-21(20)7-8-29-23;2-1-3/h3,5-8,12-14,17,19,29H,1-2,4,9-11,15-16H2,(H,30,33)(H,32,36);1H,(H,2,3). The van der Waals surface area contributed by atoms with Gasteiger partial charge in [0.15, 0.2) is 0 Å². The third-order valence-electron chi connectivity index (χ3n) is 7.78. The summed E-state index contributed by atoms with van der Waals surface area (Å²) in [6, 6.07) is 13.0. The molecule has 7 rings (SSSR count). The van der Waals surface area contributed by atoms with E-state index < -0.39 is 0 Å². The number of carbonyl (C=O) groups is 2. The normalized spacial score (nSPS) is 17.8. The van der Waals surface area contributed by atoms with E-state index in [-0.39, 0.29) is 12.4 Å². The summed E-state index contributed by atoms with van der Waals surface area (Å²) in [6.07, 6.45) is 7.66. The molecule has 2 aliphatic heterocycles. The number of thiazole rings is 1. The van der Waals surface area contributed by atoms with Crippen molar-refractivity contribution in [3.05, 3.63) is 64.9 Å². The molecule has 1 amide bonds. The number of nitrogens with one attached hydrogen (secondary N) is 3. The topological polar surface area (TPSA) is 130 Å². The Hall–Kier alpha value is -4.06. The van der Waals surface area contributed by atoms with Crippen LogP contribution in [0.3, 0.4) is 0 Å². The quantitative estimate of drug-likeness (QED) is 0.229. The summed E-state index contributed by atoms with van der Waals surface area (Å²) >= 11 is 1.57. The lowest BCUT2D eigenvalue weighted by Crippen LogP contribution is -2.54. The molecular formula is C29H31N7O3S. The van der Waals surface area contributed by atoms with E-state index in [2.05, 4.69) is 54.6 Å². The number of carboxylic acid groups (broad SMARTS) is 1. The number of nitrogens with zero attached hydrogens (tertiary/aromatic N) is 4. The number of hydrogen-bond donors (Lipinski definition) is 4. The molecule has 2 fully saturated rings. The molecule has 2 aromatic carbocycles. The van der Waals surface area contributed by atoms with Gasteiger partial charge >= 0.3 is 0 Å². The highest BCUT2D eigenvalue weighted by Crippen LogP contribution is 2.34. The van der Waals surface area contributed by atoms with Gasteiger partial charge in [-0.3, -0.25) is 24.5 Å². The Morgan fingerprint density at radius 2 is 2.05 bits per heavy atom. The largest absolute Gasteiger partial charge is 0.483 e. The minimum absolute atomic E-state index is 0.195. The zero-order valence-electron chi connectivity index (χ0n) is 22.0. The molecule has 2 aliphatic rings. The van der Waals surface area contributed by atoms with Crippen LogP contribution in [0.4, 0.5) is 5.69 Å². The third kappa shape index (κ3) is 5.35. The Bertz CT molecular complexity index is 1640. The Labute approximate surface area is 235 Å². The molecule has 5 aromatic rings. The highest BCUT2D eigenvalue weighted by Gasteiger charge is 2.29. The number of H-pyrrole nitrogens is 2. The first-order valence-corrected chi connectivity index (χ1v) is 14.3. The van der Waals surface area contributed by atoms with Crippen molar-refractivity contribution in [2.75, 3.05) is 31.5 Å². The summed E-state index contributed by atoms with van der Waals surface area (Å²) in [5.74, 6) is -0.195. The van der Waals surface area contributed by atoms with E-state index in [9.17, 15) is 4.79 Å². The fourth-order valence-corrected chi connectivity index (χ4v) is 6.69. The summed E-state index contributed by atoms with van der Waals surface area (Å²) in [5, 5.41) is 22.2. The van der Waals surface area contributed by atoms with Gasteiger partial charge in [-0.05, 0) is 54.8 Å². The van der Waals surface area contributed by atoms with Gasteiger partial charge in [0, 0.05) is 53.5 Å². The molecule has 1 atom stereocenters. The Kier molecular flexibility index (Phi) is 7.58. The number of piperidine rings is 1. The number of amides is 1. The predicted molar refractivity (Wildman–Crippen MR) is 157 cm³/mol. The molecule has 2 saturated heterocycles. The van der Waals surface area contributed by atoms with Gasteiger partial charge in [0.25, 0.3) is 12.4 Å². The second kappa shape index (κ2) is 11.6. The maximum atomic E-state index is 13.3. The van der Waals surface area contributed by atoms with E-state index in [4.69, 9.17) is 14.9 Å². The minimum atomic E-state index is -0.250. The summed E-state index contributed by atoms with van der Waals surface area (Å²) < 4.78 is 0. The van der Waals surface area contributed by atoms with Crippen LogP contribution in [-0.2, 0) is 11.3 Å². The Morgan fingerprint density at radius 3 is 2.95 bits per heavy atom. The number of aromatic amines is 2. The monoisotopic (exact) mass is 557 g/mol. The van der Waals surface area contributed by atoms with Gasteiger partial charge in [-0.25, -0.2) is 4.98 Å². The molecule has 0 bridgehead atoms. The molecule has 0 radical (unpaired) electrons. The van der Waals surface area contributed by atoms with Crippen molar-refractivity contribution in [2.45, 2.75) is 31.8 Å². The molecule has 3 aromatic heterocycles. The number of anilines is 1. The maximum absolute atomic E-state index is 13.3. The highest BCUT2D eigenvalue weighted by atomic mass is 32.1. The van der Waals surface area contributed by atoms with E-state index in [1.807, 2.05) is 23.7 Å². The van der Waals surface area contributed by atoms with Gasteiger partial charge in [0.2, 0.25) is 0 Å². The molecule has 0 aliphatic carbocycles. The molecule has 0 spiro atoms. The zero-order chi connectivity index (χ0) is 27.5. The van der Waals surface area contributed by atoms with Gasteiger partial charge in [-0.15, -0.1) is 11.3 Å². The lowest BCUT2D eigenvalue weighted by Gasteiger charge is -2.43. The van der Waals surface area contributed by atoms with Crippen LogP contribution in [0.2, 0.25) is 0 Å². The molecule has 10 nitrogen and oxygen atoms in total. The predicted octanol–water partition coefficient (Wildman–Crippen LogP) is 4.79. The van der Waals surface area contributed by atoms with E-state index in [0.717, 1.165) is 69.8 Å². The Balaban J connectivity index is 0.000000925. The van der Waals surface area contributed by atoms with Crippen LogP contribution >= 0.6 is 11.3 Å². The van der Waals surface area contributed by atoms with Crippen LogP contribution < -0.4 is 5.32 Å². The van der Waals surface area contributed by atoms with E-state index in [1.165, 1.54) is 25.8 Å². The smallest absolute Gasteiger partial charge is 0.290 e. The van der Waals surface area contributed by atoms with Gasteiger partial charge in [-0.2, -0.15) is 5.10 Å². The number of carbonyl (C=O) groups excluding carboxylic acids is 1. The van der Waals surface area contributed by atoms with Crippen molar-refractivity contribution in [3.63, 3.8) is 0 Å². The molecule has 206 valence electrons. The lowest BCUT2D eigenvalue weighted by molar-refractivity contribution is -0.122. The summed E-state index contributed by atoms with van der Waals surface area (Å²) in [7, 11) is 0.